The Balaban J connectivity index is 1.98. The minimum atomic E-state index is -0.198. The van der Waals surface area contributed by atoms with Gasteiger partial charge in [0, 0.05) is 13.2 Å². The van der Waals surface area contributed by atoms with Crippen molar-refractivity contribution in [2.75, 3.05) is 13.2 Å². The molecule has 0 saturated carbocycles. The molecule has 2 rings (SSSR count). The van der Waals surface area contributed by atoms with Gasteiger partial charge in [0.2, 0.25) is 0 Å². The molecule has 2 heteroatoms. The third-order valence-corrected chi connectivity index (χ3v) is 3.57. The molecule has 0 aromatic carbocycles. The number of allylic oxidation sites excluding steroid dienone is 1. The molecule has 3 atom stereocenters. The minimum absolute atomic E-state index is 0.198. The molecule has 1 fully saturated rings. The number of rotatable bonds is 2. The van der Waals surface area contributed by atoms with Gasteiger partial charge in [-0.15, -0.1) is 0 Å². The second kappa shape index (κ2) is 4.45. The first-order valence-electron chi connectivity index (χ1n) is 5.74. The largest absolute Gasteiger partial charge is 0.388 e. The smallest absolute Gasteiger partial charge is 0.0782 e. The Hall–Kier alpha value is -0.340. The van der Waals surface area contributed by atoms with Gasteiger partial charge in [0.25, 0.3) is 0 Å². The van der Waals surface area contributed by atoms with Crippen LogP contribution in [-0.2, 0) is 4.74 Å². The summed E-state index contributed by atoms with van der Waals surface area (Å²) in [4.78, 5) is 0. The summed E-state index contributed by atoms with van der Waals surface area (Å²) in [5.41, 5.74) is 1.28. The highest BCUT2D eigenvalue weighted by Gasteiger charge is 2.30. The van der Waals surface area contributed by atoms with E-state index in [1.54, 1.807) is 0 Å². The summed E-state index contributed by atoms with van der Waals surface area (Å²) < 4.78 is 5.39. The SMILES string of the molecule is CC1COCCC1C(O)C1=CCCC1. The van der Waals surface area contributed by atoms with Crippen LogP contribution >= 0.6 is 0 Å². The van der Waals surface area contributed by atoms with E-state index in [1.807, 2.05) is 0 Å². The first-order valence-corrected chi connectivity index (χ1v) is 5.74. The summed E-state index contributed by atoms with van der Waals surface area (Å²) in [6, 6.07) is 0. The lowest BCUT2D eigenvalue weighted by molar-refractivity contribution is -0.0189. The van der Waals surface area contributed by atoms with Crippen molar-refractivity contribution in [2.24, 2.45) is 11.8 Å². The third-order valence-electron chi connectivity index (χ3n) is 3.57. The van der Waals surface area contributed by atoms with Gasteiger partial charge in [-0.2, -0.15) is 0 Å². The Labute approximate surface area is 86.0 Å². The lowest BCUT2D eigenvalue weighted by atomic mass is 9.82. The molecule has 2 nitrogen and oxygen atoms in total. The van der Waals surface area contributed by atoms with E-state index in [4.69, 9.17) is 4.74 Å². The van der Waals surface area contributed by atoms with Crippen molar-refractivity contribution in [1.82, 2.24) is 0 Å². The molecule has 0 spiro atoms. The predicted molar refractivity (Wildman–Crippen MR) is 56.0 cm³/mol. The highest BCUT2D eigenvalue weighted by Crippen LogP contribution is 2.32. The van der Waals surface area contributed by atoms with E-state index in [0.29, 0.717) is 11.8 Å². The highest BCUT2D eigenvalue weighted by atomic mass is 16.5. The van der Waals surface area contributed by atoms with Crippen LogP contribution in [-0.4, -0.2) is 24.4 Å². The molecule has 1 N–H and O–H groups in total. The normalized spacial score (nSPS) is 35.4. The summed E-state index contributed by atoms with van der Waals surface area (Å²) in [6.45, 7) is 3.82. The average molecular weight is 196 g/mol. The molecule has 2 aliphatic rings. The van der Waals surface area contributed by atoms with Gasteiger partial charge in [-0.3, -0.25) is 0 Å². The zero-order chi connectivity index (χ0) is 9.97. The molecule has 1 aliphatic carbocycles. The molecule has 1 aliphatic heterocycles. The molecular weight excluding hydrogens is 176 g/mol. The first-order chi connectivity index (χ1) is 6.79. The Morgan fingerprint density at radius 3 is 3.07 bits per heavy atom. The minimum Gasteiger partial charge on any atom is -0.388 e. The standard InChI is InChI=1S/C12H20O2/c1-9-8-14-7-6-11(9)12(13)10-4-2-3-5-10/h4,9,11-13H,2-3,5-8H2,1H3. The lowest BCUT2D eigenvalue weighted by Gasteiger charge is -2.33. The van der Waals surface area contributed by atoms with Crippen molar-refractivity contribution in [2.45, 2.75) is 38.7 Å². The van der Waals surface area contributed by atoms with Crippen LogP contribution in [0.4, 0.5) is 0 Å². The van der Waals surface area contributed by atoms with E-state index in [-0.39, 0.29) is 6.10 Å². The van der Waals surface area contributed by atoms with Gasteiger partial charge in [0.05, 0.1) is 6.10 Å². The van der Waals surface area contributed by atoms with Crippen LogP contribution in [0.1, 0.15) is 32.6 Å². The topological polar surface area (TPSA) is 29.5 Å². The number of aliphatic hydroxyl groups is 1. The van der Waals surface area contributed by atoms with Gasteiger partial charge in [-0.05, 0) is 43.1 Å². The van der Waals surface area contributed by atoms with Gasteiger partial charge < -0.3 is 9.84 Å². The molecule has 0 aromatic rings. The fourth-order valence-electron chi connectivity index (χ4n) is 2.61. The molecule has 0 bridgehead atoms. The van der Waals surface area contributed by atoms with Gasteiger partial charge in [-0.1, -0.05) is 13.0 Å². The first kappa shape index (κ1) is 10.2. The van der Waals surface area contributed by atoms with Crippen LogP contribution in [0.15, 0.2) is 11.6 Å². The van der Waals surface area contributed by atoms with E-state index in [9.17, 15) is 5.11 Å². The maximum atomic E-state index is 10.2. The van der Waals surface area contributed by atoms with Crippen molar-refractivity contribution < 1.29 is 9.84 Å². The zero-order valence-corrected chi connectivity index (χ0v) is 8.91. The second-order valence-electron chi connectivity index (χ2n) is 4.62. The van der Waals surface area contributed by atoms with Gasteiger partial charge in [0.1, 0.15) is 0 Å². The summed E-state index contributed by atoms with van der Waals surface area (Å²) in [5, 5.41) is 10.2. The van der Waals surface area contributed by atoms with E-state index in [2.05, 4.69) is 13.0 Å². The number of hydrogen-bond donors (Lipinski definition) is 1. The predicted octanol–water partition coefficient (Wildman–Crippen LogP) is 2.13. The van der Waals surface area contributed by atoms with Crippen molar-refractivity contribution in [1.29, 1.82) is 0 Å². The fraction of sp³-hybridized carbons (Fsp3) is 0.833. The summed E-state index contributed by atoms with van der Waals surface area (Å²) in [7, 11) is 0. The Bertz CT molecular complexity index is 222. The summed E-state index contributed by atoms with van der Waals surface area (Å²) in [6.07, 6.45) is 6.53. The molecular formula is C12H20O2. The fourth-order valence-corrected chi connectivity index (χ4v) is 2.61. The quantitative estimate of drug-likeness (QED) is 0.686. The number of hydrogen-bond acceptors (Lipinski definition) is 2. The number of ether oxygens (including phenoxy) is 1. The van der Waals surface area contributed by atoms with Gasteiger partial charge in [0.15, 0.2) is 0 Å². The second-order valence-corrected chi connectivity index (χ2v) is 4.62. The Kier molecular flexibility index (Phi) is 3.24. The van der Waals surface area contributed by atoms with Crippen molar-refractivity contribution >= 4 is 0 Å². The Morgan fingerprint density at radius 2 is 2.43 bits per heavy atom. The highest BCUT2D eigenvalue weighted by molar-refractivity contribution is 5.14. The average Bonchev–Trinajstić information content (AvgIpc) is 2.70. The van der Waals surface area contributed by atoms with E-state index in [0.717, 1.165) is 32.5 Å². The molecule has 0 aromatic heterocycles. The molecule has 0 amide bonds. The Morgan fingerprint density at radius 1 is 1.57 bits per heavy atom. The summed E-state index contributed by atoms with van der Waals surface area (Å²) in [5.74, 6) is 0.924. The zero-order valence-electron chi connectivity index (χ0n) is 8.91. The van der Waals surface area contributed by atoms with E-state index < -0.39 is 0 Å². The van der Waals surface area contributed by atoms with Crippen LogP contribution in [0.25, 0.3) is 0 Å². The number of aliphatic hydroxyl groups excluding tert-OH is 1. The lowest BCUT2D eigenvalue weighted by Crippen LogP contribution is -2.35. The maximum Gasteiger partial charge on any atom is 0.0782 e. The van der Waals surface area contributed by atoms with Crippen molar-refractivity contribution in [3.63, 3.8) is 0 Å². The van der Waals surface area contributed by atoms with Crippen LogP contribution in [0, 0.1) is 11.8 Å². The van der Waals surface area contributed by atoms with E-state index in [1.165, 1.54) is 12.0 Å². The van der Waals surface area contributed by atoms with Crippen LogP contribution < -0.4 is 0 Å². The van der Waals surface area contributed by atoms with E-state index >= 15 is 0 Å². The van der Waals surface area contributed by atoms with Crippen LogP contribution in [0.5, 0.6) is 0 Å². The molecule has 1 heterocycles. The molecule has 3 unspecified atom stereocenters. The van der Waals surface area contributed by atoms with Crippen molar-refractivity contribution in [3.8, 4) is 0 Å². The maximum absolute atomic E-state index is 10.2. The monoisotopic (exact) mass is 196 g/mol. The molecule has 80 valence electrons. The molecule has 0 radical (unpaired) electrons. The third kappa shape index (κ3) is 2.01. The van der Waals surface area contributed by atoms with Crippen LogP contribution in [0.3, 0.4) is 0 Å². The molecule has 14 heavy (non-hydrogen) atoms. The molecule has 1 saturated heterocycles. The van der Waals surface area contributed by atoms with Gasteiger partial charge in [-0.25, -0.2) is 0 Å². The van der Waals surface area contributed by atoms with Gasteiger partial charge >= 0.3 is 0 Å². The summed E-state index contributed by atoms with van der Waals surface area (Å²) >= 11 is 0. The van der Waals surface area contributed by atoms with Crippen LogP contribution in [0.2, 0.25) is 0 Å². The van der Waals surface area contributed by atoms with Crippen molar-refractivity contribution in [3.05, 3.63) is 11.6 Å².